The second-order valence-electron chi connectivity index (χ2n) is 6.53. The Kier molecular flexibility index (Phi) is 5.46. The highest BCUT2D eigenvalue weighted by Crippen LogP contribution is 2.20. The normalized spacial score (nSPS) is 12.1. The predicted molar refractivity (Wildman–Crippen MR) is 102 cm³/mol. The number of nitrogens with zero attached hydrogens (tertiary/aromatic N) is 4. The molecule has 26 heavy (non-hydrogen) atoms. The van der Waals surface area contributed by atoms with Crippen LogP contribution in [0.1, 0.15) is 24.5 Å². The summed E-state index contributed by atoms with van der Waals surface area (Å²) in [7, 11) is 1.90. The summed E-state index contributed by atoms with van der Waals surface area (Å²) in [6.07, 6.45) is 7.13. The first-order chi connectivity index (χ1) is 12.5. The van der Waals surface area contributed by atoms with Gasteiger partial charge >= 0.3 is 0 Å². The molecule has 1 atom stereocenters. The van der Waals surface area contributed by atoms with E-state index in [1.165, 1.54) is 11.9 Å². The average molecular weight is 352 g/mol. The maximum absolute atomic E-state index is 12.3. The molecule has 0 aliphatic heterocycles. The third-order valence-electron chi connectivity index (χ3n) is 4.24. The SMILES string of the molecule is Cc1ccc2ncnc(N[C@@H](C)C(=O)NCCCc3cnn(C)c3)c2c1. The van der Waals surface area contributed by atoms with E-state index in [2.05, 4.69) is 25.7 Å². The first-order valence-electron chi connectivity index (χ1n) is 8.76. The van der Waals surface area contributed by atoms with Gasteiger partial charge in [0.2, 0.25) is 5.91 Å². The molecular formula is C19H24N6O. The Hall–Kier alpha value is -2.96. The number of fused-ring (bicyclic) bond motifs is 1. The van der Waals surface area contributed by atoms with Gasteiger partial charge in [-0.1, -0.05) is 11.6 Å². The fourth-order valence-electron chi connectivity index (χ4n) is 2.81. The average Bonchev–Trinajstić information content (AvgIpc) is 3.04. The van der Waals surface area contributed by atoms with Crippen LogP contribution in [0.5, 0.6) is 0 Å². The van der Waals surface area contributed by atoms with Crippen LogP contribution in [0.2, 0.25) is 0 Å². The minimum absolute atomic E-state index is 0.0457. The third kappa shape index (κ3) is 4.36. The van der Waals surface area contributed by atoms with Gasteiger partial charge in [-0.15, -0.1) is 0 Å². The van der Waals surface area contributed by atoms with Crippen molar-refractivity contribution in [3.8, 4) is 0 Å². The van der Waals surface area contributed by atoms with Gasteiger partial charge < -0.3 is 10.6 Å². The van der Waals surface area contributed by atoms with Crippen molar-refractivity contribution in [2.24, 2.45) is 7.05 Å². The molecule has 3 aromatic rings. The fourth-order valence-corrected chi connectivity index (χ4v) is 2.81. The van der Waals surface area contributed by atoms with E-state index in [-0.39, 0.29) is 11.9 Å². The van der Waals surface area contributed by atoms with Crippen LogP contribution in [0.3, 0.4) is 0 Å². The van der Waals surface area contributed by atoms with Gasteiger partial charge in [0.1, 0.15) is 18.2 Å². The fraction of sp³-hybridized carbons (Fsp3) is 0.368. The van der Waals surface area contributed by atoms with Crippen molar-refractivity contribution >= 4 is 22.6 Å². The van der Waals surface area contributed by atoms with E-state index in [4.69, 9.17) is 0 Å². The van der Waals surface area contributed by atoms with Gasteiger partial charge in [0.25, 0.3) is 0 Å². The molecule has 7 nitrogen and oxygen atoms in total. The van der Waals surface area contributed by atoms with Gasteiger partial charge in [-0.3, -0.25) is 9.48 Å². The Balaban J connectivity index is 1.53. The summed E-state index contributed by atoms with van der Waals surface area (Å²) in [5.41, 5.74) is 3.16. The van der Waals surface area contributed by atoms with E-state index in [1.807, 2.05) is 51.5 Å². The highest BCUT2D eigenvalue weighted by molar-refractivity contribution is 5.92. The molecule has 0 aliphatic carbocycles. The molecule has 7 heteroatoms. The molecule has 3 rings (SSSR count). The van der Waals surface area contributed by atoms with Gasteiger partial charge in [0.05, 0.1) is 11.7 Å². The lowest BCUT2D eigenvalue weighted by Crippen LogP contribution is -2.38. The van der Waals surface area contributed by atoms with Crippen molar-refractivity contribution in [1.82, 2.24) is 25.1 Å². The van der Waals surface area contributed by atoms with E-state index in [9.17, 15) is 4.79 Å². The lowest BCUT2D eigenvalue weighted by atomic mass is 10.1. The molecule has 1 amide bonds. The minimum atomic E-state index is -0.382. The van der Waals surface area contributed by atoms with Gasteiger partial charge in [-0.25, -0.2) is 9.97 Å². The van der Waals surface area contributed by atoms with E-state index in [0.29, 0.717) is 12.4 Å². The van der Waals surface area contributed by atoms with Crippen molar-refractivity contribution in [1.29, 1.82) is 0 Å². The van der Waals surface area contributed by atoms with Crippen molar-refractivity contribution in [2.45, 2.75) is 32.7 Å². The number of amides is 1. The number of carbonyl (C=O) groups excluding carboxylic acids is 1. The monoisotopic (exact) mass is 352 g/mol. The molecule has 136 valence electrons. The zero-order chi connectivity index (χ0) is 18.5. The summed E-state index contributed by atoms with van der Waals surface area (Å²) < 4.78 is 1.79. The number of benzene rings is 1. The molecule has 0 fully saturated rings. The highest BCUT2D eigenvalue weighted by atomic mass is 16.2. The molecule has 0 aliphatic rings. The van der Waals surface area contributed by atoms with Gasteiger partial charge in [-0.2, -0.15) is 5.10 Å². The maximum atomic E-state index is 12.3. The number of anilines is 1. The lowest BCUT2D eigenvalue weighted by molar-refractivity contribution is -0.121. The Labute approximate surface area is 152 Å². The number of hydrogen-bond donors (Lipinski definition) is 2. The van der Waals surface area contributed by atoms with E-state index in [1.54, 1.807) is 4.68 Å². The molecular weight excluding hydrogens is 328 g/mol. The summed E-state index contributed by atoms with van der Waals surface area (Å²) in [6.45, 7) is 4.48. The molecule has 0 radical (unpaired) electrons. The Morgan fingerprint density at radius 1 is 1.31 bits per heavy atom. The molecule has 2 heterocycles. The van der Waals surface area contributed by atoms with E-state index in [0.717, 1.165) is 29.3 Å². The van der Waals surface area contributed by atoms with Crippen molar-refractivity contribution in [2.75, 3.05) is 11.9 Å². The standard InChI is InChI=1S/C19H24N6O/c1-13-6-7-17-16(9-13)18(22-12-21-17)24-14(2)19(26)20-8-4-5-15-10-23-25(3)11-15/h6-7,9-12,14H,4-5,8H2,1-3H3,(H,20,26)(H,21,22,24)/t14-/m0/s1. The van der Waals surface area contributed by atoms with Crippen LogP contribution in [0.25, 0.3) is 10.9 Å². The molecule has 0 saturated carbocycles. The second kappa shape index (κ2) is 7.95. The lowest BCUT2D eigenvalue weighted by Gasteiger charge is -2.16. The quantitative estimate of drug-likeness (QED) is 0.637. The van der Waals surface area contributed by atoms with Gasteiger partial charge in [0.15, 0.2) is 0 Å². The topological polar surface area (TPSA) is 84.7 Å². The van der Waals surface area contributed by atoms with Crippen molar-refractivity contribution in [3.63, 3.8) is 0 Å². The van der Waals surface area contributed by atoms with Crippen molar-refractivity contribution in [3.05, 3.63) is 48.0 Å². The van der Waals surface area contributed by atoms with Crippen LogP contribution in [0.15, 0.2) is 36.9 Å². The number of aryl methyl sites for hydroxylation is 3. The van der Waals surface area contributed by atoms with Crippen LogP contribution >= 0.6 is 0 Å². The first-order valence-corrected chi connectivity index (χ1v) is 8.76. The Morgan fingerprint density at radius 2 is 2.15 bits per heavy atom. The number of rotatable bonds is 7. The zero-order valence-corrected chi connectivity index (χ0v) is 15.4. The van der Waals surface area contributed by atoms with E-state index >= 15 is 0 Å². The van der Waals surface area contributed by atoms with Crippen LogP contribution in [-0.2, 0) is 18.3 Å². The van der Waals surface area contributed by atoms with Crippen molar-refractivity contribution < 1.29 is 4.79 Å². The number of carbonyl (C=O) groups is 1. The highest BCUT2D eigenvalue weighted by Gasteiger charge is 2.14. The molecule has 1 aromatic carbocycles. The molecule has 2 N–H and O–H groups in total. The number of aromatic nitrogens is 4. The maximum Gasteiger partial charge on any atom is 0.242 e. The molecule has 0 spiro atoms. The first kappa shape index (κ1) is 17.8. The van der Waals surface area contributed by atoms with Crippen LogP contribution in [0, 0.1) is 6.92 Å². The van der Waals surface area contributed by atoms with Gasteiger partial charge in [-0.05, 0) is 44.4 Å². The molecule has 0 saturated heterocycles. The molecule has 0 unspecified atom stereocenters. The zero-order valence-electron chi connectivity index (χ0n) is 15.4. The summed E-state index contributed by atoms with van der Waals surface area (Å²) in [5, 5.41) is 11.2. The number of hydrogen-bond acceptors (Lipinski definition) is 5. The minimum Gasteiger partial charge on any atom is -0.358 e. The van der Waals surface area contributed by atoms with Crippen LogP contribution in [-0.4, -0.2) is 38.2 Å². The Bertz CT molecular complexity index is 904. The van der Waals surface area contributed by atoms with Gasteiger partial charge in [0, 0.05) is 25.2 Å². The summed E-state index contributed by atoms with van der Waals surface area (Å²) in [6, 6.07) is 5.61. The van der Waals surface area contributed by atoms with Crippen LogP contribution < -0.4 is 10.6 Å². The Morgan fingerprint density at radius 3 is 2.92 bits per heavy atom. The third-order valence-corrected chi connectivity index (χ3v) is 4.24. The van der Waals surface area contributed by atoms with Crippen LogP contribution in [0.4, 0.5) is 5.82 Å². The summed E-state index contributed by atoms with van der Waals surface area (Å²) in [5.74, 6) is 0.632. The molecule has 2 aromatic heterocycles. The van der Waals surface area contributed by atoms with E-state index < -0.39 is 0 Å². The number of nitrogens with one attached hydrogen (secondary N) is 2. The largest absolute Gasteiger partial charge is 0.358 e. The predicted octanol–water partition coefficient (Wildman–Crippen LogP) is 2.22. The smallest absolute Gasteiger partial charge is 0.242 e. The second-order valence-corrected chi connectivity index (χ2v) is 6.53. The summed E-state index contributed by atoms with van der Waals surface area (Å²) in [4.78, 5) is 20.9. The molecule has 0 bridgehead atoms. The summed E-state index contributed by atoms with van der Waals surface area (Å²) >= 11 is 0.